The number of aromatic nitrogens is 2. The Hall–Kier alpha value is -3.27. The molecule has 5 rings (SSSR count). The number of ether oxygens (including phenoxy) is 3. The first-order valence-corrected chi connectivity index (χ1v) is 17.8. The highest BCUT2D eigenvalue weighted by molar-refractivity contribution is 7.98. The van der Waals surface area contributed by atoms with Gasteiger partial charge in [0.05, 0.1) is 17.6 Å². The van der Waals surface area contributed by atoms with Crippen molar-refractivity contribution in [2.24, 2.45) is 11.3 Å². The molecule has 3 aliphatic rings. The quantitative estimate of drug-likeness (QED) is 0.120. The van der Waals surface area contributed by atoms with Gasteiger partial charge in [-0.15, -0.1) is 0 Å². The van der Waals surface area contributed by atoms with Crippen LogP contribution in [0.1, 0.15) is 83.5 Å². The minimum atomic E-state index is -4.21. The molecular weight excluding hydrogens is 697 g/mol. The summed E-state index contributed by atoms with van der Waals surface area (Å²) in [6.07, 6.45) is 2.60. The molecule has 0 spiro atoms. The van der Waals surface area contributed by atoms with Gasteiger partial charge in [0.2, 0.25) is 5.88 Å². The van der Waals surface area contributed by atoms with Crippen LogP contribution >= 0.6 is 23.5 Å². The van der Waals surface area contributed by atoms with Crippen LogP contribution in [0.25, 0.3) is 0 Å². The zero-order valence-corrected chi connectivity index (χ0v) is 30.4. The minimum Gasteiger partial charge on any atom is -0.478 e. The molecule has 50 heavy (non-hydrogen) atoms. The standard InChI is InChI=1S/C34H44ClF3N6O5S/c1-31(2,3)49-30(46)43-21-22(19-32(43,4)5)7-6-17-47-26-11-8-23(20-39-26)50-42-29(45)24-9-10-25(40-28(24)35)44-16-12-27(41-44)48-18-15-33(13-14-33)34(36,37)38/h8-12,16,20,22,27,41H,6-7,13-15,17-19,21H2,1-5H3,(H,42,45). The van der Waals surface area contributed by atoms with E-state index in [-0.39, 0.29) is 48.2 Å². The molecular formula is C34H44ClF3N6O5S. The first kappa shape index (κ1) is 38.0. The fourth-order valence-electron chi connectivity index (χ4n) is 6.00. The molecule has 0 aromatic carbocycles. The van der Waals surface area contributed by atoms with Crippen LogP contribution in [0, 0.1) is 11.3 Å². The van der Waals surface area contributed by atoms with E-state index >= 15 is 0 Å². The number of rotatable bonds is 13. The van der Waals surface area contributed by atoms with Crippen LogP contribution in [-0.4, -0.2) is 70.2 Å². The fourth-order valence-corrected chi connectivity index (χ4v) is 6.80. The number of hydrogen-bond donors (Lipinski definition) is 2. The number of hydrogen-bond acceptors (Lipinski definition) is 10. The van der Waals surface area contributed by atoms with E-state index in [9.17, 15) is 22.8 Å². The number of anilines is 1. The number of carbonyl (C=O) groups excluding carboxylic acids is 2. The van der Waals surface area contributed by atoms with Gasteiger partial charge in [-0.05, 0) is 115 Å². The predicted molar refractivity (Wildman–Crippen MR) is 183 cm³/mol. The summed E-state index contributed by atoms with van der Waals surface area (Å²) in [6.45, 7) is 10.9. The van der Waals surface area contributed by atoms with Gasteiger partial charge in [0.25, 0.3) is 5.91 Å². The smallest absolute Gasteiger partial charge is 0.410 e. The average molecular weight is 741 g/mol. The summed E-state index contributed by atoms with van der Waals surface area (Å²) in [5.41, 5.74) is 0.731. The third-order valence-corrected chi connectivity index (χ3v) is 9.94. The lowest BCUT2D eigenvalue weighted by molar-refractivity contribution is -0.192. The number of hydrazine groups is 1. The van der Waals surface area contributed by atoms with Crippen molar-refractivity contribution in [3.05, 3.63) is 53.5 Å². The molecule has 274 valence electrons. The minimum absolute atomic E-state index is 0.0263. The van der Waals surface area contributed by atoms with Gasteiger partial charge in [0.1, 0.15) is 22.8 Å². The predicted octanol–water partition coefficient (Wildman–Crippen LogP) is 7.68. The van der Waals surface area contributed by atoms with E-state index in [2.05, 4.69) is 34.0 Å². The highest BCUT2D eigenvalue weighted by Crippen LogP contribution is 2.59. The Labute approximate surface area is 299 Å². The zero-order valence-electron chi connectivity index (χ0n) is 28.8. The van der Waals surface area contributed by atoms with Crippen molar-refractivity contribution in [2.75, 3.05) is 24.8 Å². The Balaban J connectivity index is 1.00. The van der Waals surface area contributed by atoms with Crippen LogP contribution < -0.4 is 19.9 Å². The number of alkyl halides is 3. The molecule has 16 heteroatoms. The monoisotopic (exact) mass is 740 g/mol. The molecule has 2 aromatic rings. The lowest BCUT2D eigenvalue weighted by Gasteiger charge is -2.33. The topological polar surface area (TPSA) is 118 Å². The van der Waals surface area contributed by atoms with Gasteiger partial charge in [0.15, 0.2) is 0 Å². The zero-order chi connectivity index (χ0) is 36.3. The molecule has 1 saturated carbocycles. The third-order valence-electron chi connectivity index (χ3n) is 8.89. The van der Waals surface area contributed by atoms with Gasteiger partial charge in [-0.25, -0.2) is 14.8 Å². The molecule has 0 bridgehead atoms. The summed E-state index contributed by atoms with van der Waals surface area (Å²) in [6, 6.07) is 6.63. The van der Waals surface area contributed by atoms with Gasteiger partial charge >= 0.3 is 12.3 Å². The number of halogens is 4. The van der Waals surface area contributed by atoms with E-state index in [1.165, 1.54) is 11.1 Å². The highest BCUT2D eigenvalue weighted by Gasteiger charge is 2.62. The lowest BCUT2D eigenvalue weighted by Crippen LogP contribution is -2.45. The SMILES string of the molecule is CC(C)(C)OC(=O)N1CC(CCCOc2ccc(SNC(=O)c3ccc(N4C=CC(OCCC5(C(F)(F)F)CC5)N4)nc3Cl)cn2)CC1(C)C. The van der Waals surface area contributed by atoms with E-state index in [4.69, 9.17) is 25.8 Å². The van der Waals surface area contributed by atoms with Crippen LogP contribution in [0.3, 0.4) is 0 Å². The summed E-state index contributed by atoms with van der Waals surface area (Å²) in [5.74, 6) is 0.754. The van der Waals surface area contributed by atoms with Crippen molar-refractivity contribution < 1.29 is 37.0 Å². The number of amides is 2. The van der Waals surface area contributed by atoms with Gasteiger partial charge in [0, 0.05) is 42.0 Å². The third kappa shape index (κ3) is 9.74. The number of likely N-dealkylation sites (tertiary alicyclic amines) is 1. The number of nitrogens with one attached hydrogen (secondary N) is 2. The van der Waals surface area contributed by atoms with Crippen molar-refractivity contribution in [3.8, 4) is 5.88 Å². The Morgan fingerprint density at radius 1 is 1.14 bits per heavy atom. The average Bonchev–Trinajstić information content (AvgIpc) is 3.57. The van der Waals surface area contributed by atoms with Crippen molar-refractivity contribution in [1.82, 2.24) is 25.0 Å². The van der Waals surface area contributed by atoms with Gasteiger partial charge in [-0.2, -0.15) is 18.6 Å². The summed E-state index contributed by atoms with van der Waals surface area (Å²) < 4.78 is 59.2. The maximum Gasteiger partial charge on any atom is 0.410 e. The molecule has 2 atom stereocenters. The Morgan fingerprint density at radius 3 is 2.54 bits per heavy atom. The molecule has 0 radical (unpaired) electrons. The van der Waals surface area contributed by atoms with E-state index in [0.717, 1.165) is 31.2 Å². The van der Waals surface area contributed by atoms with Crippen molar-refractivity contribution in [2.45, 2.75) is 102 Å². The molecule has 1 saturated heterocycles. The van der Waals surface area contributed by atoms with Crippen LogP contribution in [-0.2, 0) is 9.47 Å². The van der Waals surface area contributed by atoms with E-state index in [0.29, 0.717) is 35.7 Å². The van der Waals surface area contributed by atoms with Gasteiger partial charge in [-0.3, -0.25) is 14.5 Å². The summed E-state index contributed by atoms with van der Waals surface area (Å²) >= 11 is 7.40. The molecule has 2 aliphatic heterocycles. The van der Waals surface area contributed by atoms with Crippen molar-refractivity contribution >= 4 is 41.4 Å². The molecule has 11 nitrogen and oxygen atoms in total. The second kappa shape index (κ2) is 15.1. The largest absolute Gasteiger partial charge is 0.478 e. The van der Waals surface area contributed by atoms with Crippen molar-refractivity contribution in [1.29, 1.82) is 0 Å². The second-order valence-electron chi connectivity index (χ2n) is 14.5. The Bertz CT molecular complexity index is 1550. The number of nitrogens with zero attached hydrogens (tertiary/aromatic N) is 4. The first-order chi connectivity index (χ1) is 23.4. The molecule has 1 aliphatic carbocycles. The first-order valence-electron chi connectivity index (χ1n) is 16.6. The molecule has 4 heterocycles. The lowest BCUT2D eigenvalue weighted by atomic mass is 9.93. The van der Waals surface area contributed by atoms with Gasteiger partial charge in [-0.1, -0.05) is 11.6 Å². The van der Waals surface area contributed by atoms with Crippen LogP contribution in [0.15, 0.2) is 47.6 Å². The molecule has 2 amide bonds. The van der Waals surface area contributed by atoms with E-state index in [1.54, 1.807) is 36.7 Å². The molecule has 2 aromatic heterocycles. The number of carbonyl (C=O) groups is 2. The maximum atomic E-state index is 13.1. The Morgan fingerprint density at radius 2 is 1.90 bits per heavy atom. The molecule has 2 N–H and O–H groups in total. The fraction of sp³-hybridized carbons (Fsp3) is 0.588. The molecule has 2 fully saturated rings. The summed E-state index contributed by atoms with van der Waals surface area (Å²) in [5, 5.41) is 1.50. The van der Waals surface area contributed by atoms with Crippen LogP contribution in [0.5, 0.6) is 5.88 Å². The Kier molecular flexibility index (Phi) is 11.5. The maximum absolute atomic E-state index is 13.1. The summed E-state index contributed by atoms with van der Waals surface area (Å²) in [4.78, 5) is 36.6. The van der Waals surface area contributed by atoms with Gasteiger partial charge < -0.3 is 19.1 Å². The van der Waals surface area contributed by atoms with E-state index in [1.807, 2.05) is 25.7 Å². The van der Waals surface area contributed by atoms with Crippen LogP contribution in [0.4, 0.5) is 23.8 Å². The second-order valence-corrected chi connectivity index (χ2v) is 15.7. The summed E-state index contributed by atoms with van der Waals surface area (Å²) in [7, 11) is 0. The normalized spacial score (nSPS) is 21.0. The van der Waals surface area contributed by atoms with Crippen LogP contribution in [0.2, 0.25) is 5.15 Å². The number of pyridine rings is 2. The van der Waals surface area contributed by atoms with E-state index < -0.39 is 29.3 Å². The highest BCUT2D eigenvalue weighted by atomic mass is 35.5. The molecule has 2 unspecified atom stereocenters. The van der Waals surface area contributed by atoms with Crippen molar-refractivity contribution in [3.63, 3.8) is 0 Å².